The SMILES string of the molecule is Cc1cc(F)cc2c1N(CCOCCC(C)C)C(=O)C2=O. The number of hydrogen-bond acceptors (Lipinski definition) is 3. The van der Waals surface area contributed by atoms with E-state index in [9.17, 15) is 14.0 Å². The van der Waals surface area contributed by atoms with Crippen LogP contribution in [0.4, 0.5) is 10.1 Å². The summed E-state index contributed by atoms with van der Waals surface area (Å²) in [5, 5.41) is 0. The summed E-state index contributed by atoms with van der Waals surface area (Å²) in [6.45, 7) is 7.22. The van der Waals surface area contributed by atoms with Crippen LogP contribution >= 0.6 is 0 Å². The molecule has 1 aromatic carbocycles. The van der Waals surface area contributed by atoms with Crippen LogP contribution in [-0.2, 0) is 9.53 Å². The maximum absolute atomic E-state index is 13.4. The second-order valence-corrected chi connectivity index (χ2v) is 5.70. The van der Waals surface area contributed by atoms with Crippen molar-refractivity contribution in [3.8, 4) is 0 Å². The van der Waals surface area contributed by atoms with Gasteiger partial charge in [0.25, 0.3) is 11.7 Å². The first-order valence-electron chi connectivity index (χ1n) is 7.16. The number of amides is 1. The van der Waals surface area contributed by atoms with Crippen molar-refractivity contribution in [1.82, 2.24) is 0 Å². The van der Waals surface area contributed by atoms with Crippen molar-refractivity contribution in [2.24, 2.45) is 5.92 Å². The fraction of sp³-hybridized carbons (Fsp3) is 0.500. The number of anilines is 1. The van der Waals surface area contributed by atoms with E-state index in [1.165, 1.54) is 11.0 Å². The fourth-order valence-electron chi connectivity index (χ4n) is 2.40. The topological polar surface area (TPSA) is 46.6 Å². The molecule has 5 heteroatoms. The molecule has 0 N–H and O–H groups in total. The molecule has 0 fully saturated rings. The van der Waals surface area contributed by atoms with Crippen molar-refractivity contribution in [3.05, 3.63) is 29.1 Å². The zero-order valence-electron chi connectivity index (χ0n) is 12.6. The van der Waals surface area contributed by atoms with Gasteiger partial charge in [0.2, 0.25) is 0 Å². The van der Waals surface area contributed by atoms with Crippen molar-refractivity contribution in [3.63, 3.8) is 0 Å². The number of ether oxygens (including phenoxy) is 1. The summed E-state index contributed by atoms with van der Waals surface area (Å²) in [5.41, 5.74) is 1.25. The molecule has 0 bridgehead atoms. The molecule has 0 unspecified atom stereocenters. The second-order valence-electron chi connectivity index (χ2n) is 5.70. The smallest absolute Gasteiger partial charge is 0.299 e. The first kappa shape index (κ1) is 15.6. The second kappa shape index (κ2) is 6.35. The van der Waals surface area contributed by atoms with Gasteiger partial charge in [-0.05, 0) is 37.0 Å². The highest BCUT2D eigenvalue weighted by Crippen LogP contribution is 2.32. The minimum Gasteiger partial charge on any atom is -0.380 e. The lowest BCUT2D eigenvalue weighted by atomic mass is 10.1. The minimum atomic E-state index is -0.644. The van der Waals surface area contributed by atoms with Crippen molar-refractivity contribution in [2.75, 3.05) is 24.7 Å². The first-order chi connectivity index (χ1) is 9.91. The number of benzene rings is 1. The molecule has 4 nitrogen and oxygen atoms in total. The van der Waals surface area contributed by atoms with Gasteiger partial charge in [-0.3, -0.25) is 9.59 Å². The van der Waals surface area contributed by atoms with E-state index in [0.717, 1.165) is 12.5 Å². The summed E-state index contributed by atoms with van der Waals surface area (Å²) in [6, 6.07) is 2.46. The van der Waals surface area contributed by atoms with Crippen molar-refractivity contribution in [1.29, 1.82) is 0 Å². The third-order valence-electron chi connectivity index (χ3n) is 3.52. The molecule has 0 saturated carbocycles. The van der Waals surface area contributed by atoms with Crippen LogP contribution in [0.15, 0.2) is 12.1 Å². The molecule has 0 spiro atoms. The molecule has 0 atom stereocenters. The predicted octanol–water partition coefficient (Wildman–Crippen LogP) is 2.73. The van der Waals surface area contributed by atoms with Gasteiger partial charge in [0, 0.05) is 13.2 Å². The third-order valence-corrected chi connectivity index (χ3v) is 3.52. The summed E-state index contributed by atoms with van der Waals surface area (Å²) in [7, 11) is 0. The van der Waals surface area contributed by atoms with E-state index >= 15 is 0 Å². The lowest BCUT2D eigenvalue weighted by Gasteiger charge is -2.18. The summed E-state index contributed by atoms with van der Waals surface area (Å²) in [4.78, 5) is 25.3. The number of nitrogens with zero attached hydrogens (tertiary/aromatic N) is 1. The number of hydrogen-bond donors (Lipinski definition) is 0. The van der Waals surface area contributed by atoms with Crippen LogP contribution < -0.4 is 4.90 Å². The highest BCUT2D eigenvalue weighted by atomic mass is 19.1. The number of carbonyl (C=O) groups excluding carboxylic acids is 2. The lowest BCUT2D eigenvalue weighted by Crippen LogP contribution is -2.33. The largest absolute Gasteiger partial charge is 0.380 e. The van der Waals surface area contributed by atoms with E-state index < -0.39 is 17.5 Å². The summed E-state index contributed by atoms with van der Waals surface area (Å²) in [5.74, 6) is -1.19. The molecule has 0 radical (unpaired) electrons. The molecule has 0 aromatic heterocycles. The van der Waals surface area contributed by atoms with E-state index in [1.54, 1.807) is 6.92 Å². The quantitative estimate of drug-likeness (QED) is 0.598. The molecular formula is C16H20FNO3. The van der Waals surface area contributed by atoms with E-state index in [4.69, 9.17) is 4.74 Å². The van der Waals surface area contributed by atoms with Crippen molar-refractivity contribution in [2.45, 2.75) is 27.2 Å². The summed E-state index contributed by atoms with van der Waals surface area (Å²) < 4.78 is 18.9. The molecule has 0 aliphatic carbocycles. The van der Waals surface area contributed by atoms with Gasteiger partial charge in [-0.25, -0.2) is 4.39 Å². The van der Waals surface area contributed by atoms with Crippen LogP contribution in [0.5, 0.6) is 0 Å². The fourth-order valence-corrected chi connectivity index (χ4v) is 2.40. The Labute approximate surface area is 123 Å². The summed E-state index contributed by atoms with van der Waals surface area (Å²) >= 11 is 0. The van der Waals surface area contributed by atoms with Crippen LogP contribution in [-0.4, -0.2) is 31.4 Å². The van der Waals surface area contributed by atoms with Crippen LogP contribution in [0.3, 0.4) is 0 Å². The monoisotopic (exact) mass is 293 g/mol. The third kappa shape index (κ3) is 3.29. The van der Waals surface area contributed by atoms with Gasteiger partial charge in [-0.15, -0.1) is 0 Å². The van der Waals surface area contributed by atoms with Gasteiger partial charge in [0.05, 0.1) is 17.9 Å². The zero-order chi connectivity index (χ0) is 15.6. The molecule has 1 amide bonds. The van der Waals surface area contributed by atoms with Crippen LogP contribution in [0, 0.1) is 18.7 Å². The molecular weight excluding hydrogens is 273 g/mol. The van der Waals surface area contributed by atoms with Crippen LogP contribution in [0.25, 0.3) is 0 Å². The molecule has 1 aromatic rings. The van der Waals surface area contributed by atoms with Gasteiger partial charge < -0.3 is 9.64 Å². The molecule has 1 aliphatic rings. The molecule has 2 rings (SSSR count). The Morgan fingerprint density at radius 2 is 1.95 bits per heavy atom. The predicted molar refractivity (Wildman–Crippen MR) is 78.1 cm³/mol. The van der Waals surface area contributed by atoms with E-state index in [-0.39, 0.29) is 5.56 Å². The number of carbonyl (C=O) groups is 2. The van der Waals surface area contributed by atoms with Crippen molar-refractivity contribution >= 4 is 17.4 Å². The number of Topliss-reactive ketones (excluding diaryl/α,β-unsaturated/α-hetero) is 1. The van der Waals surface area contributed by atoms with Gasteiger partial charge >= 0.3 is 0 Å². The number of rotatable bonds is 6. The number of fused-ring (bicyclic) bond motifs is 1. The number of halogens is 1. The molecule has 114 valence electrons. The highest BCUT2D eigenvalue weighted by Gasteiger charge is 2.37. The molecule has 0 saturated heterocycles. The van der Waals surface area contributed by atoms with E-state index in [0.29, 0.717) is 36.9 Å². The van der Waals surface area contributed by atoms with Crippen LogP contribution in [0.2, 0.25) is 0 Å². The summed E-state index contributed by atoms with van der Waals surface area (Å²) in [6.07, 6.45) is 0.952. The molecule has 1 heterocycles. The first-order valence-corrected chi connectivity index (χ1v) is 7.16. The Kier molecular flexibility index (Phi) is 4.73. The standard InChI is InChI=1S/C16H20FNO3/c1-10(2)4-6-21-7-5-18-14-11(3)8-12(17)9-13(14)15(19)16(18)20/h8-10H,4-7H2,1-3H3. The Hall–Kier alpha value is -1.75. The molecule has 1 aliphatic heterocycles. The van der Waals surface area contributed by atoms with E-state index in [1.807, 2.05) is 0 Å². The maximum Gasteiger partial charge on any atom is 0.299 e. The van der Waals surface area contributed by atoms with Gasteiger partial charge in [0.1, 0.15) is 5.82 Å². The average Bonchev–Trinajstić information content (AvgIpc) is 2.63. The average molecular weight is 293 g/mol. The molecule has 21 heavy (non-hydrogen) atoms. The maximum atomic E-state index is 13.4. The van der Waals surface area contributed by atoms with Gasteiger partial charge in [0.15, 0.2) is 0 Å². The Balaban J connectivity index is 2.05. The Morgan fingerprint density at radius 1 is 1.24 bits per heavy atom. The Morgan fingerprint density at radius 3 is 2.62 bits per heavy atom. The van der Waals surface area contributed by atoms with Gasteiger partial charge in [-0.2, -0.15) is 0 Å². The van der Waals surface area contributed by atoms with Crippen molar-refractivity contribution < 1.29 is 18.7 Å². The zero-order valence-corrected chi connectivity index (χ0v) is 12.6. The number of ketones is 1. The Bertz CT molecular complexity index is 569. The highest BCUT2D eigenvalue weighted by molar-refractivity contribution is 6.52. The number of aryl methyl sites for hydroxylation is 1. The minimum absolute atomic E-state index is 0.152. The normalized spacial score (nSPS) is 14.2. The van der Waals surface area contributed by atoms with Gasteiger partial charge in [-0.1, -0.05) is 13.8 Å². The van der Waals surface area contributed by atoms with Crippen LogP contribution in [0.1, 0.15) is 36.2 Å². The lowest BCUT2D eigenvalue weighted by molar-refractivity contribution is -0.114. The van der Waals surface area contributed by atoms with E-state index in [2.05, 4.69) is 13.8 Å².